The summed E-state index contributed by atoms with van der Waals surface area (Å²) in [5.74, 6) is -0.451. The number of hydrogen-bond donors (Lipinski definition) is 1. The van der Waals surface area contributed by atoms with Crippen LogP contribution >= 0.6 is 0 Å². The maximum absolute atomic E-state index is 10.9. The van der Waals surface area contributed by atoms with Crippen molar-refractivity contribution in [1.82, 2.24) is 14.8 Å². The van der Waals surface area contributed by atoms with Gasteiger partial charge in [-0.25, -0.2) is 4.79 Å². The monoisotopic (exact) mass is 171 g/mol. The van der Waals surface area contributed by atoms with Crippen LogP contribution in [-0.2, 0) is 11.3 Å². The van der Waals surface area contributed by atoms with Gasteiger partial charge in [0.1, 0.15) is 6.33 Å². The van der Waals surface area contributed by atoms with E-state index in [4.69, 9.17) is 5.11 Å². The van der Waals surface area contributed by atoms with E-state index in [9.17, 15) is 4.79 Å². The maximum Gasteiger partial charge on any atom is 0.376 e. The van der Waals surface area contributed by atoms with Gasteiger partial charge < -0.3 is 14.4 Å². The molecule has 0 saturated carbocycles. The number of carbonyl (C=O) groups is 1. The predicted molar refractivity (Wildman–Crippen MR) is 38.4 cm³/mol. The standard InChI is InChI=1S/C6H9N3O3/c1-12-6(11)5-8-7-4-9(5)2-3-10/h4,10H,2-3H2,1H3. The molecular weight excluding hydrogens is 162 g/mol. The average Bonchev–Trinajstić information content (AvgIpc) is 2.52. The average molecular weight is 171 g/mol. The number of aliphatic hydroxyl groups is 1. The Bertz CT molecular complexity index is 271. The van der Waals surface area contributed by atoms with Gasteiger partial charge in [-0.05, 0) is 0 Å². The number of aromatic nitrogens is 3. The third-order valence-corrected chi connectivity index (χ3v) is 1.32. The van der Waals surface area contributed by atoms with Crippen LogP contribution in [0.3, 0.4) is 0 Å². The van der Waals surface area contributed by atoms with Gasteiger partial charge in [0, 0.05) is 6.54 Å². The molecule has 0 bridgehead atoms. The minimum Gasteiger partial charge on any atom is -0.463 e. The van der Waals surface area contributed by atoms with Crippen LogP contribution in [0.2, 0.25) is 0 Å². The van der Waals surface area contributed by atoms with E-state index in [0.29, 0.717) is 0 Å². The van der Waals surface area contributed by atoms with Gasteiger partial charge in [0.05, 0.1) is 13.7 Å². The van der Waals surface area contributed by atoms with Gasteiger partial charge in [0.2, 0.25) is 5.82 Å². The van der Waals surface area contributed by atoms with Gasteiger partial charge in [-0.1, -0.05) is 0 Å². The summed E-state index contributed by atoms with van der Waals surface area (Å²) < 4.78 is 5.86. The molecule has 6 nitrogen and oxygen atoms in total. The summed E-state index contributed by atoms with van der Waals surface area (Å²) in [6.07, 6.45) is 1.36. The lowest BCUT2D eigenvalue weighted by atomic mass is 10.5. The number of rotatable bonds is 3. The van der Waals surface area contributed by atoms with Crippen LogP contribution in [0.25, 0.3) is 0 Å². The van der Waals surface area contributed by atoms with Crippen molar-refractivity contribution in [3.05, 3.63) is 12.2 Å². The number of carbonyl (C=O) groups excluding carboxylic acids is 1. The van der Waals surface area contributed by atoms with Gasteiger partial charge >= 0.3 is 5.97 Å². The van der Waals surface area contributed by atoms with E-state index < -0.39 is 5.97 Å². The molecule has 0 aliphatic rings. The fourth-order valence-corrected chi connectivity index (χ4v) is 0.776. The molecule has 0 radical (unpaired) electrons. The Morgan fingerprint density at radius 3 is 3.17 bits per heavy atom. The predicted octanol–water partition coefficient (Wildman–Crippen LogP) is -0.943. The van der Waals surface area contributed by atoms with Gasteiger partial charge in [-0.15, -0.1) is 10.2 Å². The Morgan fingerprint density at radius 1 is 1.83 bits per heavy atom. The lowest BCUT2D eigenvalue weighted by Gasteiger charge is -2.00. The Labute approximate surface area is 68.8 Å². The van der Waals surface area contributed by atoms with Gasteiger partial charge in [0.25, 0.3) is 0 Å². The number of esters is 1. The minimum absolute atomic E-state index is 0.0674. The van der Waals surface area contributed by atoms with Gasteiger partial charge in [-0.2, -0.15) is 0 Å². The van der Waals surface area contributed by atoms with Crippen molar-refractivity contribution >= 4 is 5.97 Å². The first-order valence-corrected chi connectivity index (χ1v) is 3.36. The molecule has 0 spiro atoms. The summed E-state index contributed by atoms with van der Waals surface area (Å²) in [6, 6.07) is 0. The van der Waals surface area contributed by atoms with Crippen molar-refractivity contribution in [3.63, 3.8) is 0 Å². The second-order valence-electron chi connectivity index (χ2n) is 2.06. The highest BCUT2D eigenvalue weighted by Crippen LogP contribution is 1.96. The fraction of sp³-hybridized carbons (Fsp3) is 0.500. The van der Waals surface area contributed by atoms with Crippen LogP contribution in [0.15, 0.2) is 6.33 Å². The molecule has 12 heavy (non-hydrogen) atoms. The van der Waals surface area contributed by atoms with Crippen molar-refractivity contribution in [1.29, 1.82) is 0 Å². The molecule has 1 N–H and O–H groups in total. The highest BCUT2D eigenvalue weighted by atomic mass is 16.5. The van der Waals surface area contributed by atoms with Crippen molar-refractivity contribution in [2.75, 3.05) is 13.7 Å². The molecule has 0 aromatic carbocycles. The van der Waals surface area contributed by atoms with Crippen molar-refractivity contribution in [3.8, 4) is 0 Å². The molecule has 1 heterocycles. The van der Waals surface area contributed by atoms with Crippen LogP contribution < -0.4 is 0 Å². The van der Waals surface area contributed by atoms with E-state index in [1.54, 1.807) is 0 Å². The van der Waals surface area contributed by atoms with Crippen molar-refractivity contribution in [2.45, 2.75) is 6.54 Å². The van der Waals surface area contributed by atoms with Crippen molar-refractivity contribution in [2.24, 2.45) is 0 Å². The van der Waals surface area contributed by atoms with E-state index in [-0.39, 0.29) is 19.0 Å². The van der Waals surface area contributed by atoms with E-state index in [2.05, 4.69) is 14.9 Å². The van der Waals surface area contributed by atoms with E-state index in [0.717, 1.165) is 0 Å². The van der Waals surface area contributed by atoms with Crippen LogP contribution in [0.4, 0.5) is 0 Å². The molecule has 1 rings (SSSR count). The second-order valence-corrected chi connectivity index (χ2v) is 2.06. The Balaban J connectivity index is 2.83. The highest BCUT2D eigenvalue weighted by molar-refractivity contribution is 5.85. The highest BCUT2D eigenvalue weighted by Gasteiger charge is 2.12. The zero-order valence-electron chi connectivity index (χ0n) is 6.60. The summed E-state index contributed by atoms with van der Waals surface area (Å²) in [5, 5.41) is 15.6. The summed E-state index contributed by atoms with van der Waals surface area (Å²) in [7, 11) is 1.26. The van der Waals surface area contributed by atoms with Crippen LogP contribution in [0.1, 0.15) is 10.6 Å². The molecule has 0 atom stereocenters. The summed E-state index contributed by atoms with van der Waals surface area (Å²) in [5.41, 5.74) is 0. The number of aliphatic hydroxyl groups excluding tert-OH is 1. The fourth-order valence-electron chi connectivity index (χ4n) is 0.776. The Hall–Kier alpha value is -1.43. The lowest BCUT2D eigenvalue weighted by molar-refractivity contribution is 0.0579. The first-order valence-electron chi connectivity index (χ1n) is 3.36. The molecule has 1 aromatic rings. The molecule has 0 saturated heterocycles. The first kappa shape index (κ1) is 8.66. The number of nitrogens with zero attached hydrogens (tertiary/aromatic N) is 3. The third-order valence-electron chi connectivity index (χ3n) is 1.32. The van der Waals surface area contributed by atoms with Gasteiger partial charge in [-0.3, -0.25) is 0 Å². The number of methoxy groups -OCH3 is 1. The molecule has 0 fully saturated rings. The molecule has 66 valence electrons. The molecule has 6 heteroatoms. The smallest absolute Gasteiger partial charge is 0.376 e. The normalized spacial score (nSPS) is 9.83. The van der Waals surface area contributed by atoms with Crippen LogP contribution in [0.5, 0.6) is 0 Å². The van der Waals surface area contributed by atoms with E-state index in [1.807, 2.05) is 0 Å². The molecule has 0 unspecified atom stereocenters. The molecular formula is C6H9N3O3. The van der Waals surface area contributed by atoms with E-state index >= 15 is 0 Å². The summed E-state index contributed by atoms with van der Waals surface area (Å²) >= 11 is 0. The number of hydrogen-bond acceptors (Lipinski definition) is 5. The van der Waals surface area contributed by atoms with Crippen LogP contribution in [-0.4, -0.2) is 39.6 Å². The van der Waals surface area contributed by atoms with Gasteiger partial charge in [0.15, 0.2) is 0 Å². The lowest BCUT2D eigenvalue weighted by Crippen LogP contribution is -2.13. The SMILES string of the molecule is COC(=O)c1nncn1CCO. The molecule has 0 aliphatic heterocycles. The van der Waals surface area contributed by atoms with Crippen molar-refractivity contribution < 1.29 is 14.6 Å². The quantitative estimate of drug-likeness (QED) is 0.594. The molecule has 0 aliphatic carbocycles. The second kappa shape index (κ2) is 3.82. The van der Waals surface area contributed by atoms with E-state index in [1.165, 1.54) is 18.0 Å². The molecule has 0 amide bonds. The number of ether oxygens (including phenoxy) is 1. The third kappa shape index (κ3) is 1.59. The summed E-state index contributed by atoms with van der Waals surface area (Å²) in [4.78, 5) is 10.9. The topological polar surface area (TPSA) is 77.2 Å². The van der Waals surface area contributed by atoms with Crippen LogP contribution in [0, 0.1) is 0 Å². The minimum atomic E-state index is -0.555. The maximum atomic E-state index is 10.9. The largest absolute Gasteiger partial charge is 0.463 e. The summed E-state index contributed by atoms with van der Waals surface area (Å²) in [6.45, 7) is 0.222. The first-order chi connectivity index (χ1) is 5.79. The Kier molecular flexibility index (Phi) is 2.76. The zero-order valence-corrected chi connectivity index (χ0v) is 6.60. The molecule has 1 aromatic heterocycles. The zero-order chi connectivity index (χ0) is 8.97. The Morgan fingerprint density at radius 2 is 2.58 bits per heavy atom.